The number of nitrogens with two attached hydrogens (primary N) is 1. The van der Waals surface area contributed by atoms with Crippen molar-refractivity contribution in [2.45, 2.75) is 12.8 Å². The number of halogens is 1. The summed E-state index contributed by atoms with van der Waals surface area (Å²) < 4.78 is 0. The van der Waals surface area contributed by atoms with Gasteiger partial charge in [-0.3, -0.25) is 0 Å². The summed E-state index contributed by atoms with van der Waals surface area (Å²) in [6.45, 7) is 2.86. The Bertz CT molecular complexity index is 466. The molecular formula is C11H13ClN4S. The Labute approximate surface area is 109 Å². The van der Waals surface area contributed by atoms with Gasteiger partial charge in [0.15, 0.2) is 0 Å². The standard InChI is InChI=1S/C11H13ClN4S/c1-7(11-14-2-3-17-11)6-15-10-5-8(13)4-9(12)16-10/h2-5,7H,6H2,1H3,(H3,13,15,16). The number of thiazole rings is 1. The van der Waals surface area contributed by atoms with Crippen molar-refractivity contribution in [2.24, 2.45) is 0 Å². The minimum Gasteiger partial charge on any atom is -0.399 e. The number of rotatable bonds is 4. The van der Waals surface area contributed by atoms with Gasteiger partial charge in [-0.2, -0.15) is 0 Å². The summed E-state index contributed by atoms with van der Waals surface area (Å²) in [6, 6.07) is 3.39. The highest BCUT2D eigenvalue weighted by Gasteiger charge is 2.08. The van der Waals surface area contributed by atoms with Crippen LogP contribution in [0.25, 0.3) is 0 Å². The molecule has 0 radical (unpaired) electrons. The summed E-state index contributed by atoms with van der Waals surface area (Å²) in [5.41, 5.74) is 6.29. The van der Waals surface area contributed by atoms with Gasteiger partial charge >= 0.3 is 0 Å². The van der Waals surface area contributed by atoms with Gasteiger partial charge in [0.05, 0.1) is 5.01 Å². The van der Waals surface area contributed by atoms with Gasteiger partial charge in [0.2, 0.25) is 0 Å². The third kappa shape index (κ3) is 3.31. The Morgan fingerprint density at radius 1 is 1.53 bits per heavy atom. The quantitative estimate of drug-likeness (QED) is 0.837. The van der Waals surface area contributed by atoms with E-state index in [2.05, 4.69) is 22.2 Å². The lowest BCUT2D eigenvalue weighted by atomic mass is 10.2. The molecule has 2 aromatic heterocycles. The van der Waals surface area contributed by atoms with E-state index in [0.717, 1.165) is 11.6 Å². The molecule has 2 heterocycles. The van der Waals surface area contributed by atoms with E-state index in [1.165, 1.54) is 0 Å². The first kappa shape index (κ1) is 12.1. The number of pyridine rings is 1. The normalized spacial score (nSPS) is 12.4. The monoisotopic (exact) mass is 268 g/mol. The van der Waals surface area contributed by atoms with Gasteiger partial charge < -0.3 is 11.1 Å². The maximum atomic E-state index is 5.82. The summed E-state index contributed by atoms with van der Waals surface area (Å²) in [4.78, 5) is 8.42. The Balaban J connectivity index is 1.98. The average molecular weight is 269 g/mol. The number of anilines is 2. The molecule has 0 saturated heterocycles. The van der Waals surface area contributed by atoms with E-state index < -0.39 is 0 Å². The highest BCUT2D eigenvalue weighted by atomic mass is 35.5. The van der Waals surface area contributed by atoms with Gasteiger partial charge in [0.1, 0.15) is 11.0 Å². The van der Waals surface area contributed by atoms with Crippen LogP contribution in [0.15, 0.2) is 23.7 Å². The maximum absolute atomic E-state index is 5.82. The van der Waals surface area contributed by atoms with Crippen molar-refractivity contribution in [2.75, 3.05) is 17.6 Å². The first-order valence-corrected chi connectivity index (χ1v) is 6.47. The first-order valence-electron chi connectivity index (χ1n) is 5.21. The van der Waals surface area contributed by atoms with Crippen molar-refractivity contribution < 1.29 is 0 Å². The van der Waals surface area contributed by atoms with Gasteiger partial charge in [-0.25, -0.2) is 9.97 Å². The van der Waals surface area contributed by atoms with Crippen molar-refractivity contribution >= 4 is 34.4 Å². The van der Waals surface area contributed by atoms with Crippen LogP contribution in [-0.4, -0.2) is 16.5 Å². The van der Waals surface area contributed by atoms with Crippen LogP contribution in [0.5, 0.6) is 0 Å². The topological polar surface area (TPSA) is 63.8 Å². The number of aromatic nitrogens is 2. The third-order valence-electron chi connectivity index (χ3n) is 2.28. The number of nitrogen functional groups attached to an aromatic ring is 1. The van der Waals surface area contributed by atoms with Crippen LogP contribution >= 0.6 is 22.9 Å². The minimum absolute atomic E-state index is 0.331. The molecule has 0 spiro atoms. The predicted octanol–water partition coefficient (Wildman–Crippen LogP) is 2.99. The van der Waals surface area contributed by atoms with Gasteiger partial charge in [0.25, 0.3) is 0 Å². The summed E-state index contributed by atoms with van der Waals surface area (Å²) in [6.07, 6.45) is 1.81. The Kier molecular flexibility index (Phi) is 3.81. The van der Waals surface area contributed by atoms with Crippen LogP contribution in [0.1, 0.15) is 17.8 Å². The van der Waals surface area contributed by atoms with Gasteiger partial charge in [-0.15, -0.1) is 11.3 Å². The highest BCUT2D eigenvalue weighted by Crippen LogP contribution is 2.20. The molecule has 3 N–H and O–H groups in total. The van der Waals surface area contributed by atoms with E-state index in [4.69, 9.17) is 17.3 Å². The van der Waals surface area contributed by atoms with Crippen LogP contribution in [0.2, 0.25) is 5.15 Å². The number of nitrogens with zero attached hydrogens (tertiary/aromatic N) is 2. The Hall–Kier alpha value is -1.33. The summed E-state index contributed by atoms with van der Waals surface area (Å²) in [7, 11) is 0. The smallest absolute Gasteiger partial charge is 0.133 e. The minimum atomic E-state index is 0.331. The van der Waals surface area contributed by atoms with Crippen molar-refractivity contribution in [3.63, 3.8) is 0 Å². The number of hydrogen-bond donors (Lipinski definition) is 2. The van der Waals surface area contributed by atoms with E-state index >= 15 is 0 Å². The van der Waals surface area contributed by atoms with E-state index in [1.54, 1.807) is 23.5 Å². The van der Waals surface area contributed by atoms with Crippen LogP contribution in [0.3, 0.4) is 0 Å². The van der Waals surface area contributed by atoms with E-state index in [-0.39, 0.29) is 0 Å². The molecule has 2 aromatic rings. The molecule has 17 heavy (non-hydrogen) atoms. The molecule has 0 bridgehead atoms. The SMILES string of the molecule is CC(CNc1cc(N)cc(Cl)n1)c1nccs1. The molecule has 1 atom stereocenters. The van der Waals surface area contributed by atoms with Gasteiger partial charge in [-0.1, -0.05) is 18.5 Å². The van der Waals surface area contributed by atoms with Crippen LogP contribution in [0.4, 0.5) is 11.5 Å². The van der Waals surface area contributed by atoms with Gasteiger partial charge in [-0.05, 0) is 6.07 Å². The van der Waals surface area contributed by atoms with Crippen LogP contribution in [0, 0.1) is 0 Å². The lowest BCUT2D eigenvalue weighted by molar-refractivity contribution is 0.792. The molecule has 0 amide bonds. The second-order valence-corrected chi connectivity index (χ2v) is 5.07. The molecule has 0 aliphatic rings. The molecule has 0 aliphatic heterocycles. The van der Waals surface area contributed by atoms with Crippen LogP contribution < -0.4 is 11.1 Å². The number of nitrogens with one attached hydrogen (secondary N) is 1. The third-order valence-corrected chi connectivity index (χ3v) is 3.48. The van der Waals surface area contributed by atoms with Crippen molar-refractivity contribution in [1.29, 1.82) is 0 Å². The zero-order valence-electron chi connectivity index (χ0n) is 9.35. The zero-order valence-corrected chi connectivity index (χ0v) is 10.9. The molecule has 0 aliphatic carbocycles. The van der Waals surface area contributed by atoms with Crippen LogP contribution in [-0.2, 0) is 0 Å². The molecule has 4 nitrogen and oxygen atoms in total. The summed E-state index contributed by atoms with van der Waals surface area (Å²) in [5.74, 6) is 1.02. The number of hydrogen-bond acceptors (Lipinski definition) is 5. The fourth-order valence-corrected chi connectivity index (χ4v) is 2.35. The lowest BCUT2D eigenvalue weighted by Gasteiger charge is -2.11. The average Bonchev–Trinajstić information content (AvgIpc) is 2.78. The summed E-state index contributed by atoms with van der Waals surface area (Å²) >= 11 is 7.47. The second-order valence-electron chi connectivity index (χ2n) is 3.76. The van der Waals surface area contributed by atoms with E-state index in [9.17, 15) is 0 Å². The van der Waals surface area contributed by atoms with E-state index in [1.807, 2.05) is 11.6 Å². The highest BCUT2D eigenvalue weighted by molar-refractivity contribution is 7.09. The van der Waals surface area contributed by atoms with Crippen molar-refractivity contribution in [1.82, 2.24) is 9.97 Å². The maximum Gasteiger partial charge on any atom is 0.133 e. The molecule has 0 fully saturated rings. The molecule has 90 valence electrons. The fourth-order valence-electron chi connectivity index (χ4n) is 1.43. The van der Waals surface area contributed by atoms with E-state index in [0.29, 0.717) is 22.6 Å². The Morgan fingerprint density at radius 2 is 2.35 bits per heavy atom. The molecular weight excluding hydrogens is 256 g/mol. The lowest BCUT2D eigenvalue weighted by Crippen LogP contribution is -2.10. The molecule has 2 rings (SSSR count). The molecule has 6 heteroatoms. The largest absolute Gasteiger partial charge is 0.399 e. The second kappa shape index (κ2) is 5.33. The van der Waals surface area contributed by atoms with Gasteiger partial charge in [0, 0.05) is 35.8 Å². The first-order chi connectivity index (χ1) is 8.15. The molecule has 1 unspecified atom stereocenters. The predicted molar refractivity (Wildman–Crippen MR) is 72.7 cm³/mol. The Morgan fingerprint density at radius 3 is 3.00 bits per heavy atom. The summed E-state index contributed by atoms with van der Waals surface area (Å²) in [5, 5.41) is 6.68. The fraction of sp³-hybridized carbons (Fsp3) is 0.273. The van der Waals surface area contributed by atoms with Crippen molar-refractivity contribution in [3.05, 3.63) is 33.9 Å². The molecule has 0 aromatic carbocycles. The van der Waals surface area contributed by atoms with Crippen molar-refractivity contribution in [3.8, 4) is 0 Å². The zero-order chi connectivity index (χ0) is 12.3. The molecule has 0 saturated carbocycles.